The van der Waals surface area contributed by atoms with Crippen LogP contribution in [0, 0.1) is 6.92 Å². The number of benzene rings is 1. The Bertz CT molecular complexity index is 611. The molecule has 1 N–H and O–H groups in total. The number of thioether (sulfide) groups is 1. The second kappa shape index (κ2) is 7.21. The number of anilines is 1. The molecule has 0 unspecified atom stereocenters. The van der Waals surface area contributed by atoms with Gasteiger partial charge in [0, 0.05) is 5.69 Å². The molecule has 6 nitrogen and oxygen atoms in total. The van der Waals surface area contributed by atoms with E-state index in [2.05, 4.69) is 20.8 Å². The number of rotatable bonds is 6. The van der Waals surface area contributed by atoms with Crippen LogP contribution >= 0.6 is 11.8 Å². The minimum atomic E-state index is -0.0193. The summed E-state index contributed by atoms with van der Waals surface area (Å²) in [7, 11) is 0. The molecule has 0 fully saturated rings. The number of aromatic nitrogens is 4. The quantitative estimate of drug-likeness (QED) is 0.887. The summed E-state index contributed by atoms with van der Waals surface area (Å²) >= 11 is 1.50. The summed E-state index contributed by atoms with van der Waals surface area (Å²) in [5.41, 5.74) is 1.95. The largest absolute Gasteiger partial charge is 0.325 e. The predicted octanol–water partition coefficient (Wildman–Crippen LogP) is 2.43. The molecule has 2 rings (SSSR count). The van der Waals surface area contributed by atoms with Gasteiger partial charge in [-0.05, 0) is 48.9 Å². The summed E-state index contributed by atoms with van der Waals surface area (Å²) in [6.45, 7) is 6.04. The first-order valence-electron chi connectivity index (χ1n) is 6.77. The summed E-state index contributed by atoms with van der Waals surface area (Å²) in [5, 5.41) is 14.5. The van der Waals surface area contributed by atoms with E-state index in [0.29, 0.717) is 11.5 Å². The second-order valence-corrected chi connectivity index (χ2v) is 6.03. The third-order valence-corrected chi connectivity index (χ3v) is 3.74. The maximum absolute atomic E-state index is 11.9. The SMILES string of the molecule is Cc1cccc(NC(=O)CSCc2nnnn2C(C)C)c1. The summed E-state index contributed by atoms with van der Waals surface area (Å²) < 4.78 is 1.77. The standard InChI is InChI=1S/C14H19N5OS/c1-10(2)19-13(16-17-18-19)8-21-9-14(20)15-12-6-4-5-11(3)7-12/h4-7,10H,8-9H2,1-3H3,(H,15,20). The van der Waals surface area contributed by atoms with E-state index < -0.39 is 0 Å². The normalized spacial score (nSPS) is 10.9. The van der Waals surface area contributed by atoms with Gasteiger partial charge in [0.05, 0.1) is 17.5 Å². The van der Waals surface area contributed by atoms with Crippen LogP contribution in [0.15, 0.2) is 24.3 Å². The lowest BCUT2D eigenvalue weighted by atomic mass is 10.2. The first kappa shape index (κ1) is 15.5. The lowest BCUT2D eigenvalue weighted by molar-refractivity contribution is -0.113. The maximum Gasteiger partial charge on any atom is 0.234 e. The fourth-order valence-corrected chi connectivity index (χ4v) is 2.60. The number of tetrazole rings is 1. The van der Waals surface area contributed by atoms with E-state index >= 15 is 0 Å². The van der Waals surface area contributed by atoms with E-state index in [1.54, 1.807) is 4.68 Å². The van der Waals surface area contributed by atoms with E-state index in [-0.39, 0.29) is 11.9 Å². The van der Waals surface area contributed by atoms with Crippen LogP contribution in [0.4, 0.5) is 5.69 Å². The van der Waals surface area contributed by atoms with Crippen LogP contribution in [-0.4, -0.2) is 31.9 Å². The number of aryl methyl sites for hydroxylation is 1. The van der Waals surface area contributed by atoms with Gasteiger partial charge in [-0.15, -0.1) is 16.9 Å². The number of nitrogens with one attached hydrogen (secondary N) is 1. The molecule has 0 bridgehead atoms. The number of hydrogen-bond acceptors (Lipinski definition) is 5. The third-order valence-electron chi connectivity index (χ3n) is 2.82. The monoisotopic (exact) mass is 305 g/mol. The van der Waals surface area contributed by atoms with Gasteiger partial charge in [0.15, 0.2) is 5.82 Å². The molecule has 0 aliphatic heterocycles. The number of amides is 1. The number of hydrogen-bond donors (Lipinski definition) is 1. The topological polar surface area (TPSA) is 72.7 Å². The lowest BCUT2D eigenvalue weighted by Gasteiger charge is -2.08. The molecule has 7 heteroatoms. The highest BCUT2D eigenvalue weighted by atomic mass is 32.2. The Labute approximate surface area is 128 Å². The number of carbonyl (C=O) groups excluding carboxylic acids is 1. The van der Waals surface area contributed by atoms with E-state index in [4.69, 9.17) is 0 Å². The van der Waals surface area contributed by atoms with Gasteiger partial charge in [-0.25, -0.2) is 4.68 Å². The Morgan fingerprint density at radius 1 is 1.43 bits per heavy atom. The van der Waals surface area contributed by atoms with Gasteiger partial charge in [0.25, 0.3) is 0 Å². The van der Waals surface area contributed by atoms with Crippen LogP contribution in [0.3, 0.4) is 0 Å². The molecule has 0 aliphatic rings. The smallest absolute Gasteiger partial charge is 0.234 e. The van der Waals surface area contributed by atoms with Gasteiger partial charge in [-0.1, -0.05) is 12.1 Å². The van der Waals surface area contributed by atoms with Crippen molar-refractivity contribution in [2.24, 2.45) is 0 Å². The van der Waals surface area contributed by atoms with E-state index in [1.807, 2.05) is 45.0 Å². The Morgan fingerprint density at radius 2 is 2.24 bits per heavy atom. The molecule has 0 radical (unpaired) electrons. The zero-order valence-corrected chi connectivity index (χ0v) is 13.2. The van der Waals surface area contributed by atoms with Crippen molar-refractivity contribution in [3.05, 3.63) is 35.7 Å². The fourth-order valence-electron chi connectivity index (χ4n) is 1.86. The van der Waals surface area contributed by atoms with Crippen LogP contribution in [0.1, 0.15) is 31.3 Å². The molecular weight excluding hydrogens is 286 g/mol. The van der Waals surface area contributed by atoms with Crippen LogP contribution in [0.25, 0.3) is 0 Å². The van der Waals surface area contributed by atoms with Crippen molar-refractivity contribution in [3.8, 4) is 0 Å². The summed E-state index contributed by atoms with van der Waals surface area (Å²) in [5.74, 6) is 1.76. The summed E-state index contributed by atoms with van der Waals surface area (Å²) in [4.78, 5) is 11.9. The number of nitrogens with zero attached hydrogens (tertiary/aromatic N) is 4. The van der Waals surface area contributed by atoms with Crippen LogP contribution in [0.5, 0.6) is 0 Å². The van der Waals surface area contributed by atoms with Crippen molar-refractivity contribution < 1.29 is 4.79 Å². The van der Waals surface area contributed by atoms with Crippen molar-refractivity contribution >= 4 is 23.4 Å². The van der Waals surface area contributed by atoms with Crippen molar-refractivity contribution in [2.75, 3.05) is 11.1 Å². The van der Waals surface area contributed by atoms with Gasteiger partial charge in [0.2, 0.25) is 5.91 Å². The molecule has 21 heavy (non-hydrogen) atoms. The van der Waals surface area contributed by atoms with Crippen LogP contribution in [-0.2, 0) is 10.5 Å². The Balaban J connectivity index is 1.80. The zero-order valence-electron chi connectivity index (χ0n) is 12.4. The van der Waals surface area contributed by atoms with Crippen molar-refractivity contribution in [3.63, 3.8) is 0 Å². The van der Waals surface area contributed by atoms with Crippen LogP contribution < -0.4 is 5.32 Å². The van der Waals surface area contributed by atoms with Gasteiger partial charge < -0.3 is 5.32 Å². The van der Waals surface area contributed by atoms with Crippen molar-refractivity contribution in [1.82, 2.24) is 20.2 Å². The molecule has 112 valence electrons. The Hall–Kier alpha value is -1.89. The molecule has 1 amide bonds. The summed E-state index contributed by atoms with van der Waals surface area (Å²) in [6.07, 6.45) is 0. The molecule has 1 heterocycles. The van der Waals surface area contributed by atoms with E-state index in [1.165, 1.54) is 11.8 Å². The van der Waals surface area contributed by atoms with Gasteiger partial charge in [-0.2, -0.15) is 0 Å². The van der Waals surface area contributed by atoms with Crippen molar-refractivity contribution in [2.45, 2.75) is 32.6 Å². The lowest BCUT2D eigenvalue weighted by Crippen LogP contribution is -2.15. The fraction of sp³-hybridized carbons (Fsp3) is 0.429. The average molecular weight is 305 g/mol. The first-order chi connectivity index (χ1) is 10.1. The van der Waals surface area contributed by atoms with Crippen LogP contribution in [0.2, 0.25) is 0 Å². The number of carbonyl (C=O) groups is 1. The van der Waals surface area contributed by atoms with Gasteiger partial charge in [0.1, 0.15) is 0 Å². The first-order valence-corrected chi connectivity index (χ1v) is 7.92. The molecule has 0 spiro atoms. The zero-order chi connectivity index (χ0) is 15.2. The minimum absolute atomic E-state index is 0.0193. The molecule has 0 saturated heterocycles. The van der Waals surface area contributed by atoms with Gasteiger partial charge in [-0.3, -0.25) is 4.79 Å². The predicted molar refractivity (Wildman–Crippen MR) is 84.2 cm³/mol. The highest BCUT2D eigenvalue weighted by Crippen LogP contribution is 2.14. The third kappa shape index (κ3) is 4.56. The summed E-state index contributed by atoms with van der Waals surface area (Å²) in [6, 6.07) is 7.97. The Kier molecular flexibility index (Phi) is 5.32. The molecular formula is C14H19N5OS. The molecule has 2 aromatic rings. The molecule has 0 aliphatic carbocycles. The molecule has 1 aromatic heterocycles. The molecule has 0 saturated carbocycles. The van der Waals surface area contributed by atoms with Gasteiger partial charge >= 0.3 is 0 Å². The maximum atomic E-state index is 11.9. The highest BCUT2D eigenvalue weighted by Gasteiger charge is 2.10. The minimum Gasteiger partial charge on any atom is -0.325 e. The van der Waals surface area contributed by atoms with E-state index in [0.717, 1.165) is 17.1 Å². The highest BCUT2D eigenvalue weighted by molar-refractivity contribution is 7.99. The average Bonchev–Trinajstić information content (AvgIpc) is 2.87. The van der Waals surface area contributed by atoms with Crippen molar-refractivity contribution in [1.29, 1.82) is 0 Å². The van der Waals surface area contributed by atoms with E-state index in [9.17, 15) is 4.79 Å². The second-order valence-electron chi connectivity index (χ2n) is 5.04. The molecule has 0 atom stereocenters. The molecule has 1 aromatic carbocycles. The Morgan fingerprint density at radius 3 is 2.95 bits per heavy atom.